The molecule has 0 aromatic carbocycles. The summed E-state index contributed by atoms with van der Waals surface area (Å²) < 4.78 is 1.58. The zero-order valence-corrected chi connectivity index (χ0v) is 9.30. The van der Waals surface area contributed by atoms with Crippen LogP contribution in [0.2, 0.25) is 0 Å². The van der Waals surface area contributed by atoms with Crippen LogP contribution in [-0.2, 0) is 4.84 Å². The van der Waals surface area contributed by atoms with E-state index in [1.807, 2.05) is 0 Å². The first-order valence-corrected chi connectivity index (χ1v) is 4.71. The molecule has 2 aromatic rings. The number of aryl methyl sites for hydroxylation is 1. The third-order valence-electron chi connectivity index (χ3n) is 2.37. The van der Waals surface area contributed by atoms with Gasteiger partial charge >= 0.3 is 0 Å². The summed E-state index contributed by atoms with van der Waals surface area (Å²) in [5.41, 5.74) is 1.81. The molecule has 0 unspecified atom stereocenters. The molecule has 2 heterocycles. The summed E-state index contributed by atoms with van der Waals surface area (Å²) >= 11 is 0. The Hall–Kier alpha value is -2.13. The summed E-state index contributed by atoms with van der Waals surface area (Å²) in [6.07, 6.45) is 1.63. The van der Waals surface area contributed by atoms with Gasteiger partial charge in [0.05, 0.1) is 19.0 Å². The van der Waals surface area contributed by atoms with Crippen molar-refractivity contribution in [1.29, 1.82) is 5.26 Å². The molecule has 0 fully saturated rings. The lowest BCUT2D eigenvalue weighted by Gasteiger charge is -2.18. The van der Waals surface area contributed by atoms with E-state index in [-0.39, 0.29) is 0 Å². The van der Waals surface area contributed by atoms with Gasteiger partial charge in [-0.25, -0.2) is 10.0 Å². The Balaban J connectivity index is 2.84. The molecule has 2 rings (SSSR count). The molecule has 0 saturated heterocycles. The molecule has 6 heteroatoms. The highest BCUT2D eigenvalue weighted by molar-refractivity contribution is 5.60. The normalized spacial score (nSPS) is 10.4. The van der Waals surface area contributed by atoms with Crippen molar-refractivity contribution in [3.63, 3.8) is 0 Å². The van der Waals surface area contributed by atoms with Crippen LogP contribution in [0, 0.1) is 18.3 Å². The van der Waals surface area contributed by atoms with Gasteiger partial charge < -0.3 is 0 Å². The van der Waals surface area contributed by atoms with Gasteiger partial charge in [0, 0.05) is 13.1 Å². The zero-order valence-electron chi connectivity index (χ0n) is 9.30. The van der Waals surface area contributed by atoms with Crippen molar-refractivity contribution in [3.8, 4) is 6.07 Å². The van der Waals surface area contributed by atoms with Crippen molar-refractivity contribution in [2.45, 2.75) is 6.92 Å². The smallest absolute Gasteiger partial charge is 0.175 e. The Kier molecular flexibility index (Phi) is 2.46. The molecule has 0 aliphatic rings. The lowest BCUT2D eigenvalue weighted by atomic mass is 10.2. The Morgan fingerprint density at radius 1 is 1.56 bits per heavy atom. The predicted molar refractivity (Wildman–Crippen MR) is 57.9 cm³/mol. The number of hydroxylamine groups is 1. The molecule has 0 N–H and O–H groups in total. The number of anilines is 1. The van der Waals surface area contributed by atoms with Crippen molar-refractivity contribution in [1.82, 2.24) is 14.6 Å². The topological polar surface area (TPSA) is 66.5 Å². The third-order valence-corrected chi connectivity index (χ3v) is 2.37. The van der Waals surface area contributed by atoms with Crippen LogP contribution < -0.4 is 5.06 Å². The molecule has 0 radical (unpaired) electrons. The first kappa shape index (κ1) is 10.4. The molecule has 0 aliphatic heterocycles. The Morgan fingerprint density at radius 2 is 2.31 bits per heavy atom. The van der Waals surface area contributed by atoms with Crippen LogP contribution >= 0.6 is 0 Å². The lowest BCUT2D eigenvalue weighted by molar-refractivity contribution is 0.181. The second-order valence-electron chi connectivity index (χ2n) is 3.29. The van der Waals surface area contributed by atoms with Gasteiger partial charge in [-0.05, 0) is 6.92 Å². The minimum atomic E-state index is 0.459. The third kappa shape index (κ3) is 1.38. The quantitative estimate of drug-likeness (QED) is 0.699. The maximum atomic E-state index is 9.13. The van der Waals surface area contributed by atoms with E-state index < -0.39 is 0 Å². The summed E-state index contributed by atoms with van der Waals surface area (Å²) in [4.78, 5) is 9.38. The SMILES string of the molecule is CON(C)c1c(C#N)c(C)nc2ccnn12. The molecule has 2 aromatic heterocycles. The monoisotopic (exact) mass is 217 g/mol. The standard InChI is InChI=1S/C10H11N5O/c1-7-8(6-11)10(14(2)16-3)15-9(13-7)4-5-12-15/h4-5H,1-3H3. The number of aromatic nitrogens is 3. The van der Waals surface area contributed by atoms with E-state index in [0.717, 1.165) is 0 Å². The summed E-state index contributed by atoms with van der Waals surface area (Å²) in [7, 11) is 3.25. The molecule has 0 spiro atoms. The van der Waals surface area contributed by atoms with Crippen molar-refractivity contribution >= 4 is 11.5 Å². The highest BCUT2D eigenvalue weighted by Gasteiger charge is 2.16. The highest BCUT2D eigenvalue weighted by Crippen LogP contribution is 2.21. The lowest BCUT2D eigenvalue weighted by Crippen LogP contribution is -2.21. The van der Waals surface area contributed by atoms with Gasteiger partial charge in [0.1, 0.15) is 11.6 Å². The molecule has 0 aliphatic carbocycles. The number of fused-ring (bicyclic) bond motifs is 1. The summed E-state index contributed by atoms with van der Waals surface area (Å²) in [6, 6.07) is 3.89. The molecule has 16 heavy (non-hydrogen) atoms. The first-order chi connectivity index (χ1) is 7.69. The Morgan fingerprint density at radius 3 is 2.94 bits per heavy atom. The number of hydrogen-bond acceptors (Lipinski definition) is 5. The fraction of sp³-hybridized carbons (Fsp3) is 0.300. The van der Waals surface area contributed by atoms with Crippen LogP contribution in [-0.4, -0.2) is 28.8 Å². The van der Waals surface area contributed by atoms with Crippen LogP contribution in [0.25, 0.3) is 5.65 Å². The van der Waals surface area contributed by atoms with E-state index in [2.05, 4.69) is 16.2 Å². The molecule has 6 nitrogen and oxygen atoms in total. The average Bonchev–Trinajstić information content (AvgIpc) is 2.73. The minimum absolute atomic E-state index is 0.459. The van der Waals surface area contributed by atoms with Gasteiger partial charge in [-0.1, -0.05) is 0 Å². The van der Waals surface area contributed by atoms with Crippen LogP contribution in [0.1, 0.15) is 11.3 Å². The van der Waals surface area contributed by atoms with Crippen molar-refractivity contribution < 1.29 is 4.84 Å². The average molecular weight is 217 g/mol. The van der Waals surface area contributed by atoms with Crippen LogP contribution in [0.15, 0.2) is 12.3 Å². The maximum absolute atomic E-state index is 9.13. The van der Waals surface area contributed by atoms with Crippen LogP contribution in [0.3, 0.4) is 0 Å². The number of hydrogen-bond donors (Lipinski definition) is 0. The van der Waals surface area contributed by atoms with Gasteiger partial charge in [0.15, 0.2) is 11.5 Å². The van der Waals surface area contributed by atoms with Crippen molar-refractivity contribution in [2.24, 2.45) is 0 Å². The van der Waals surface area contributed by atoms with E-state index in [9.17, 15) is 0 Å². The second kappa shape index (κ2) is 3.79. The van der Waals surface area contributed by atoms with Gasteiger partial charge in [0.2, 0.25) is 0 Å². The largest absolute Gasteiger partial charge is 0.276 e. The van der Waals surface area contributed by atoms with Gasteiger partial charge in [0.25, 0.3) is 0 Å². The molecular formula is C10H11N5O. The van der Waals surface area contributed by atoms with Crippen LogP contribution in [0.4, 0.5) is 5.82 Å². The van der Waals surface area contributed by atoms with Crippen LogP contribution in [0.5, 0.6) is 0 Å². The number of nitriles is 1. The molecule has 0 amide bonds. The summed E-state index contributed by atoms with van der Waals surface area (Å²) in [6.45, 7) is 1.79. The fourth-order valence-electron chi connectivity index (χ4n) is 1.55. The second-order valence-corrected chi connectivity index (χ2v) is 3.29. The number of nitrogens with zero attached hydrogens (tertiary/aromatic N) is 5. The summed E-state index contributed by atoms with van der Waals surface area (Å²) in [5.74, 6) is 0.581. The van der Waals surface area contributed by atoms with E-state index in [0.29, 0.717) is 22.7 Å². The maximum Gasteiger partial charge on any atom is 0.175 e. The number of rotatable bonds is 2. The Labute approximate surface area is 92.6 Å². The highest BCUT2D eigenvalue weighted by atomic mass is 16.7. The Bertz CT molecular complexity index is 568. The fourth-order valence-corrected chi connectivity index (χ4v) is 1.55. The van der Waals surface area contributed by atoms with E-state index in [4.69, 9.17) is 10.1 Å². The molecule has 0 bridgehead atoms. The van der Waals surface area contributed by atoms with Gasteiger partial charge in [-0.15, -0.1) is 0 Å². The predicted octanol–water partition coefficient (Wildman–Crippen LogP) is 0.907. The van der Waals surface area contributed by atoms with E-state index in [1.54, 1.807) is 30.8 Å². The van der Waals surface area contributed by atoms with Crippen molar-refractivity contribution in [2.75, 3.05) is 19.2 Å². The first-order valence-electron chi connectivity index (χ1n) is 4.71. The molecule has 0 atom stereocenters. The van der Waals surface area contributed by atoms with E-state index >= 15 is 0 Å². The minimum Gasteiger partial charge on any atom is -0.276 e. The molecular weight excluding hydrogens is 206 g/mol. The summed E-state index contributed by atoms with van der Waals surface area (Å²) in [5, 5.41) is 14.7. The van der Waals surface area contributed by atoms with E-state index in [1.165, 1.54) is 12.2 Å². The molecule has 82 valence electrons. The van der Waals surface area contributed by atoms with Gasteiger partial charge in [-0.2, -0.15) is 14.9 Å². The zero-order chi connectivity index (χ0) is 11.7. The molecule has 0 saturated carbocycles. The van der Waals surface area contributed by atoms with Crippen molar-refractivity contribution in [3.05, 3.63) is 23.5 Å². The van der Waals surface area contributed by atoms with Gasteiger partial charge in [-0.3, -0.25) is 4.84 Å².